The second-order valence-corrected chi connectivity index (χ2v) is 4.73. The van der Waals surface area contributed by atoms with Crippen LogP contribution in [0.2, 0.25) is 0 Å². The Morgan fingerprint density at radius 1 is 1.30 bits per heavy atom. The SMILES string of the molecule is COc1ccc(OC)c([C@@H](C)NCc2cn[nH]c2C)c1. The molecule has 0 aliphatic rings. The lowest BCUT2D eigenvalue weighted by Crippen LogP contribution is -2.19. The molecule has 0 radical (unpaired) electrons. The van der Waals surface area contributed by atoms with Gasteiger partial charge in [0, 0.05) is 29.4 Å². The van der Waals surface area contributed by atoms with Crippen LogP contribution in [0.5, 0.6) is 11.5 Å². The minimum atomic E-state index is 0.148. The first-order chi connectivity index (χ1) is 9.65. The molecule has 1 aromatic heterocycles. The van der Waals surface area contributed by atoms with Crippen LogP contribution in [0.1, 0.15) is 29.8 Å². The van der Waals surface area contributed by atoms with E-state index in [0.29, 0.717) is 0 Å². The maximum Gasteiger partial charge on any atom is 0.123 e. The Morgan fingerprint density at radius 2 is 2.10 bits per heavy atom. The number of rotatable bonds is 6. The molecular formula is C15H21N3O2. The number of nitrogens with zero attached hydrogens (tertiary/aromatic N) is 1. The van der Waals surface area contributed by atoms with Crippen molar-refractivity contribution in [1.82, 2.24) is 15.5 Å². The van der Waals surface area contributed by atoms with Gasteiger partial charge in [0.25, 0.3) is 0 Å². The Hall–Kier alpha value is -2.01. The first-order valence-corrected chi connectivity index (χ1v) is 6.60. The molecule has 0 aliphatic carbocycles. The van der Waals surface area contributed by atoms with Crippen molar-refractivity contribution in [3.8, 4) is 11.5 Å². The lowest BCUT2D eigenvalue weighted by atomic mass is 10.1. The zero-order valence-corrected chi connectivity index (χ0v) is 12.4. The highest BCUT2D eigenvalue weighted by molar-refractivity contribution is 5.42. The van der Waals surface area contributed by atoms with E-state index < -0.39 is 0 Å². The van der Waals surface area contributed by atoms with Gasteiger partial charge in [-0.25, -0.2) is 0 Å². The standard InChI is InChI=1S/C15H21N3O2/c1-10-12(9-17-18-10)8-16-11(2)14-7-13(19-3)5-6-15(14)20-4/h5-7,9,11,16H,8H2,1-4H3,(H,17,18)/t11-/m1/s1. The van der Waals surface area contributed by atoms with Gasteiger partial charge in [-0.2, -0.15) is 5.10 Å². The maximum atomic E-state index is 5.41. The molecule has 108 valence electrons. The third-order valence-corrected chi connectivity index (χ3v) is 3.44. The highest BCUT2D eigenvalue weighted by Crippen LogP contribution is 2.29. The monoisotopic (exact) mass is 275 g/mol. The number of H-pyrrole nitrogens is 1. The number of hydrogen-bond donors (Lipinski definition) is 2. The largest absolute Gasteiger partial charge is 0.497 e. The molecule has 2 aromatic rings. The zero-order chi connectivity index (χ0) is 14.5. The lowest BCUT2D eigenvalue weighted by molar-refractivity contribution is 0.391. The van der Waals surface area contributed by atoms with Crippen LogP contribution < -0.4 is 14.8 Å². The summed E-state index contributed by atoms with van der Waals surface area (Å²) < 4.78 is 10.7. The molecule has 0 saturated heterocycles. The van der Waals surface area contributed by atoms with Crippen LogP contribution in [0.4, 0.5) is 0 Å². The average Bonchev–Trinajstić information content (AvgIpc) is 2.89. The number of aryl methyl sites for hydroxylation is 1. The zero-order valence-electron chi connectivity index (χ0n) is 12.4. The van der Waals surface area contributed by atoms with Crippen molar-refractivity contribution in [2.24, 2.45) is 0 Å². The fourth-order valence-corrected chi connectivity index (χ4v) is 2.10. The quantitative estimate of drug-likeness (QED) is 0.850. The van der Waals surface area contributed by atoms with Crippen molar-refractivity contribution in [3.05, 3.63) is 41.2 Å². The first kappa shape index (κ1) is 14.4. The fourth-order valence-electron chi connectivity index (χ4n) is 2.10. The number of aromatic amines is 1. The number of aromatic nitrogens is 2. The van der Waals surface area contributed by atoms with Crippen LogP contribution in [0.3, 0.4) is 0 Å². The van der Waals surface area contributed by atoms with Crippen LogP contribution in [-0.2, 0) is 6.54 Å². The molecule has 0 amide bonds. The molecule has 1 aromatic carbocycles. The molecule has 2 rings (SSSR count). The predicted octanol–water partition coefficient (Wildman–Crippen LogP) is 2.59. The Balaban J connectivity index is 2.11. The summed E-state index contributed by atoms with van der Waals surface area (Å²) in [6.45, 7) is 4.87. The summed E-state index contributed by atoms with van der Waals surface area (Å²) in [6.07, 6.45) is 1.85. The molecule has 0 aliphatic heterocycles. The number of benzene rings is 1. The number of ether oxygens (including phenoxy) is 2. The van der Waals surface area contributed by atoms with Gasteiger partial charge in [-0.3, -0.25) is 5.10 Å². The van der Waals surface area contributed by atoms with Crippen LogP contribution in [0, 0.1) is 6.92 Å². The molecule has 0 fully saturated rings. The highest BCUT2D eigenvalue weighted by Gasteiger charge is 2.13. The van der Waals surface area contributed by atoms with Gasteiger partial charge in [0.05, 0.1) is 20.4 Å². The molecule has 0 saturated carbocycles. The van der Waals surface area contributed by atoms with Gasteiger partial charge in [0.1, 0.15) is 11.5 Å². The fraction of sp³-hybridized carbons (Fsp3) is 0.400. The van der Waals surface area contributed by atoms with E-state index in [4.69, 9.17) is 9.47 Å². The molecule has 1 atom stereocenters. The minimum Gasteiger partial charge on any atom is -0.497 e. The van der Waals surface area contributed by atoms with Gasteiger partial charge in [-0.1, -0.05) is 0 Å². The van der Waals surface area contributed by atoms with Crippen LogP contribution >= 0.6 is 0 Å². The van der Waals surface area contributed by atoms with Crippen LogP contribution in [0.25, 0.3) is 0 Å². The van der Waals surface area contributed by atoms with Crippen molar-refractivity contribution >= 4 is 0 Å². The minimum absolute atomic E-state index is 0.148. The lowest BCUT2D eigenvalue weighted by Gasteiger charge is -2.18. The summed E-state index contributed by atoms with van der Waals surface area (Å²) in [4.78, 5) is 0. The van der Waals surface area contributed by atoms with Crippen molar-refractivity contribution < 1.29 is 9.47 Å². The molecule has 2 N–H and O–H groups in total. The molecule has 0 bridgehead atoms. The van der Waals surface area contributed by atoms with Gasteiger partial charge < -0.3 is 14.8 Å². The molecular weight excluding hydrogens is 254 g/mol. The predicted molar refractivity (Wildman–Crippen MR) is 78.1 cm³/mol. The van der Waals surface area contributed by atoms with Gasteiger partial charge in [0.15, 0.2) is 0 Å². The van der Waals surface area contributed by atoms with E-state index >= 15 is 0 Å². The van der Waals surface area contributed by atoms with E-state index in [-0.39, 0.29) is 6.04 Å². The van der Waals surface area contributed by atoms with E-state index in [1.807, 2.05) is 31.3 Å². The molecule has 0 spiro atoms. The van der Waals surface area contributed by atoms with Crippen LogP contribution in [0.15, 0.2) is 24.4 Å². The van der Waals surface area contributed by atoms with Gasteiger partial charge in [0.2, 0.25) is 0 Å². The van der Waals surface area contributed by atoms with E-state index in [1.165, 1.54) is 5.56 Å². The molecule has 5 nitrogen and oxygen atoms in total. The number of hydrogen-bond acceptors (Lipinski definition) is 4. The van der Waals surface area contributed by atoms with Crippen LogP contribution in [-0.4, -0.2) is 24.4 Å². The summed E-state index contributed by atoms with van der Waals surface area (Å²) in [5.74, 6) is 1.68. The smallest absolute Gasteiger partial charge is 0.123 e. The molecule has 20 heavy (non-hydrogen) atoms. The van der Waals surface area contributed by atoms with Crippen molar-refractivity contribution in [2.75, 3.05) is 14.2 Å². The summed E-state index contributed by atoms with van der Waals surface area (Å²) in [5.41, 5.74) is 3.33. The van der Waals surface area contributed by atoms with Crippen molar-refractivity contribution in [3.63, 3.8) is 0 Å². The topological polar surface area (TPSA) is 59.2 Å². The van der Waals surface area contributed by atoms with Crippen molar-refractivity contribution in [2.45, 2.75) is 26.4 Å². The average molecular weight is 275 g/mol. The Morgan fingerprint density at radius 3 is 2.70 bits per heavy atom. The second kappa shape index (κ2) is 6.43. The summed E-state index contributed by atoms with van der Waals surface area (Å²) in [5, 5.41) is 10.4. The Labute approximate surface area is 119 Å². The highest BCUT2D eigenvalue weighted by atomic mass is 16.5. The van der Waals surface area contributed by atoms with E-state index in [1.54, 1.807) is 14.2 Å². The van der Waals surface area contributed by atoms with E-state index in [2.05, 4.69) is 22.4 Å². The number of nitrogens with one attached hydrogen (secondary N) is 2. The van der Waals surface area contributed by atoms with Gasteiger partial charge in [-0.05, 0) is 32.0 Å². The Kier molecular flexibility index (Phi) is 4.63. The summed E-state index contributed by atoms with van der Waals surface area (Å²) in [7, 11) is 3.34. The number of methoxy groups -OCH3 is 2. The second-order valence-electron chi connectivity index (χ2n) is 4.73. The normalized spacial score (nSPS) is 12.2. The Bertz CT molecular complexity index is 566. The van der Waals surface area contributed by atoms with Gasteiger partial charge in [-0.15, -0.1) is 0 Å². The summed E-state index contributed by atoms with van der Waals surface area (Å²) >= 11 is 0. The maximum absolute atomic E-state index is 5.41. The molecule has 1 heterocycles. The molecule has 0 unspecified atom stereocenters. The first-order valence-electron chi connectivity index (χ1n) is 6.60. The summed E-state index contributed by atoms with van der Waals surface area (Å²) in [6, 6.07) is 5.97. The van der Waals surface area contributed by atoms with E-state index in [9.17, 15) is 0 Å². The van der Waals surface area contributed by atoms with Crippen molar-refractivity contribution in [1.29, 1.82) is 0 Å². The van der Waals surface area contributed by atoms with Gasteiger partial charge >= 0.3 is 0 Å². The molecule has 5 heteroatoms. The third-order valence-electron chi connectivity index (χ3n) is 3.44. The van der Waals surface area contributed by atoms with E-state index in [0.717, 1.165) is 29.3 Å². The third kappa shape index (κ3) is 3.11.